The van der Waals surface area contributed by atoms with E-state index in [4.69, 9.17) is 4.98 Å². The van der Waals surface area contributed by atoms with E-state index in [9.17, 15) is 9.59 Å². The minimum Gasteiger partial charge on any atom is -0.352 e. The number of aryl methyl sites for hydroxylation is 1. The van der Waals surface area contributed by atoms with E-state index >= 15 is 0 Å². The molecule has 1 aliphatic heterocycles. The lowest BCUT2D eigenvalue weighted by molar-refractivity contribution is -0.125. The van der Waals surface area contributed by atoms with E-state index in [-0.39, 0.29) is 17.4 Å². The Kier molecular flexibility index (Phi) is 6.57. The molecule has 178 valence electrons. The van der Waals surface area contributed by atoms with Gasteiger partial charge < -0.3 is 10.2 Å². The van der Waals surface area contributed by atoms with E-state index < -0.39 is 0 Å². The predicted octanol–water partition coefficient (Wildman–Crippen LogP) is 3.68. The second-order valence-electron chi connectivity index (χ2n) is 9.15. The lowest BCUT2D eigenvalue weighted by Gasteiger charge is -2.32. The number of benzene rings is 2. The first-order valence-corrected chi connectivity index (χ1v) is 12.1. The summed E-state index contributed by atoms with van der Waals surface area (Å²) in [5.41, 5.74) is 4.32. The van der Waals surface area contributed by atoms with Crippen molar-refractivity contribution in [1.82, 2.24) is 19.9 Å². The summed E-state index contributed by atoms with van der Waals surface area (Å²) >= 11 is 0. The Labute approximate surface area is 204 Å². The molecule has 0 saturated carbocycles. The molecule has 1 aliphatic rings. The molecule has 0 aliphatic carbocycles. The zero-order chi connectivity index (χ0) is 24.2. The fourth-order valence-electron chi connectivity index (χ4n) is 4.60. The van der Waals surface area contributed by atoms with E-state index in [1.165, 1.54) is 5.56 Å². The number of carbonyl (C=O) groups is 1. The first kappa shape index (κ1) is 22.8. The number of nitrogens with one attached hydrogen (secondary N) is 1. The van der Waals surface area contributed by atoms with Crippen LogP contribution < -0.4 is 15.8 Å². The van der Waals surface area contributed by atoms with Crippen LogP contribution in [0.5, 0.6) is 0 Å². The summed E-state index contributed by atoms with van der Waals surface area (Å²) < 4.78 is 1.70. The number of carbonyl (C=O) groups excluding carboxylic acids is 1. The molecule has 2 aromatic heterocycles. The molecule has 0 bridgehead atoms. The second kappa shape index (κ2) is 10.1. The molecule has 5 rings (SSSR count). The molecule has 3 heterocycles. The van der Waals surface area contributed by atoms with Gasteiger partial charge in [-0.1, -0.05) is 60.2 Å². The fourth-order valence-corrected chi connectivity index (χ4v) is 4.60. The third-order valence-corrected chi connectivity index (χ3v) is 6.55. The standard InChI is InChI=1S/C28H29N5O2/c1-20-11-13-22(14-12-20)18-33-25-24(10-5-15-29-25)31-26(28(33)35)32-16-6-9-23(19-32)27(34)30-17-21-7-3-2-4-8-21/h2-5,7-8,10-15,23H,6,9,16-19H2,1H3,(H,30,34)/t23-/m1/s1. The van der Waals surface area contributed by atoms with E-state index in [1.54, 1.807) is 10.8 Å². The summed E-state index contributed by atoms with van der Waals surface area (Å²) in [7, 11) is 0. The Balaban J connectivity index is 1.40. The number of nitrogens with zero attached hydrogens (tertiary/aromatic N) is 4. The summed E-state index contributed by atoms with van der Waals surface area (Å²) in [4.78, 5) is 37.7. The smallest absolute Gasteiger partial charge is 0.295 e. The number of piperidine rings is 1. The first-order valence-electron chi connectivity index (χ1n) is 12.1. The van der Waals surface area contributed by atoms with Crippen molar-refractivity contribution in [3.63, 3.8) is 0 Å². The van der Waals surface area contributed by atoms with E-state index in [0.29, 0.717) is 43.2 Å². The van der Waals surface area contributed by atoms with Crippen molar-refractivity contribution < 1.29 is 4.79 Å². The Bertz CT molecular complexity index is 1380. The number of rotatable bonds is 6. The van der Waals surface area contributed by atoms with Crippen LogP contribution in [0, 0.1) is 12.8 Å². The average Bonchev–Trinajstić information content (AvgIpc) is 2.90. The molecule has 1 fully saturated rings. The van der Waals surface area contributed by atoms with Gasteiger partial charge in [0.1, 0.15) is 5.52 Å². The lowest BCUT2D eigenvalue weighted by Crippen LogP contribution is -2.45. The maximum atomic E-state index is 13.7. The first-order chi connectivity index (χ1) is 17.1. The van der Waals surface area contributed by atoms with Crippen molar-refractivity contribution in [3.8, 4) is 0 Å². The highest BCUT2D eigenvalue weighted by Gasteiger charge is 2.28. The van der Waals surface area contributed by atoms with Crippen LogP contribution >= 0.6 is 0 Å². The zero-order valence-corrected chi connectivity index (χ0v) is 19.9. The lowest BCUT2D eigenvalue weighted by atomic mass is 9.97. The second-order valence-corrected chi connectivity index (χ2v) is 9.15. The van der Waals surface area contributed by atoms with Gasteiger partial charge in [-0.15, -0.1) is 0 Å². The summed E-state index contributed by atoms with van der Waals surface area (Å²) in [5, 5.41) is 3.05. The molecular formula is C28H29N5O2. The summed E-state index contributed by atoms with van der Waals surface area (Å²) in [6.07, 6.45) is 3.31. The molecule has 7 heteroatoms. The van der Waals surface area contributed by atoms with Gasteiger partial charge in [-0.2, -0.15) is 0 Å². The Morgan fingerprint density at radius 3 is 2.63 bits per heavy atom. The number of hydrogen-bond acceptors (Lipinski definition) is 5. The van der Waals surface area contributed by atoms with Crippen molar-refractivity contribution in [2.45, 2.75) is 32.9 Å². The van der Waals surface area contributed by atoms with Crippen molar-refractivity contribution >= 4 is 22.9 Å². The third kappa shape index (κ3) is 5.09. The van der Waals surface area contributed by atoms with Crippen LogP contribution in [0.25, 0.3) is 11.2 Å². The molecule has 2 aromatic carbocycles. The van der Waals surface area contributed by atoms with Crippen LogP contribution in [0.2, 0.25) is 0 Å². The van der Waals surface area contributed by atoms with E-state index in [0.717, 1.165) is 24.0 Å². The van der Waals surface area contributed by atoms with Gasteiger partial charge in [0.25, 0.3) is 5.56 Å². The number of pyridine rings is 1. The summed E-state index contributed by atoms with van der Waals surface area (Å²) in [6.45, 7) is 4.12. The highest BCUT2D eigenvalue weighted by molar-refractivity contribution is 5.79. The largest absolute Gasteiger partial charge is 0.352 e. The summed E-state index contributed by atoms with van der Waals surface area (Å²) in [5.74, 6) is 0.211. The van der Waals surface area contributed by atoms with Crippen LogP contribution in [0.1, 0.15) is 29.5 Å². The minimum absolute atomic E-state index is 0.0148. The molecule has 0 unspecified atom stereocenters. The van der Waals surface area contributed by atoms with Gasteiger partial charge in [-0.3, -0.25) is 14.2 Å². The number of anilines is 1. The van der Waals surface area contributed by atoms with Crippen LogP contribution in [0.4, 0.5) is 5.82 Å². The van der Waals surface area contributed by atoms with Gasteiger partial charge in [0.15, 0.2) is 11.5 Å². The Morgan fingerprint density at radius 2 is 1.83 bits per heavy atom. The fraction of sp³-hybridized carbons (Fsp3) is 0.286. The van der Waals surface area contributed by atoms with Crippen molar-refractivity contribution in [2.24, 2.45) is 5.92 Å². The van der Waals surface area contributed by atoms with Gasteiger partial charge in [0.2, 0.25) is 5.91 Å². The van der Waals surface area contributed by atoms with Crippen LogP contribution in [-0.2, 0) is 17.9 Å². The summed E-state index contributed by atoms with van der Waals surface area (Å²) in [6, 6.07) is 21.7. The Hall–Kier alpha value is -4.00. The van der Waals surface area contributed by atoms with Crippen molar-refractivity contribution in [1.29, 1.82) is 0 Å². The van der Waals surface area contributed by atoms with Crippen molar-refractivity contribution in [2.75, 3.05) is 18.0 Å². The van der Waals surface area contributed by atoms with Crippen LogP contribution in [0.15, 0.2) is 77.7 Å². The highest BCUT2D eigenvalue weighted by atomic mass is 16.2. The predicted molar refractivity (Wildman–Crippen MR) is 137 cm³/mol. The number of hydrogen-bond donors (Lipinski definition) is 1. The number of aromatic nitrogens is 3. The van der Waals surface area contributed by atoms with E-state index in [2.05, 4.69) is 10.3 Å². The molecular weight excluding hydrogens is 438 g/mol. The van der Waals surface area contributed by atoms with Gasteiger partial charge in [0, 0.05) is 25.8 Å². The molecule has 1 atom stereocenters. The van der Waals surface area contributed by atoms with Crippen LogP contribution in [0.3, 0.4) is 0 Å². The molecule has 0 spiro atoms. The Morgan fingerprint density at radius 1 is 1.03 bits per heavy atom. The van der Waals surface area contributed by atoms with Crippen LogP contribution in [-0.4, -0.2) is 33.5 Å². The molecule has 0 radical (unpaired) electrons. The molecule has 4 aromatic rings. The van der Waals surface area contributed by atoms with Gasteiger partial charge >= 0.3 is 0 Å². The van der Waals surface area contributed by atoms with Gasteiger partial charge in [0.05, 0.1) is 12.5 Å². The maximum absolute atomic E-state index is 13.7. The monoisotopic (exact) mass is 467 g/mol. The molecule has 35 heavy (non-hydrogen) atoms. The molecule has 1 N–H and O–H groups in total. The van der Waals surface area contributed by atoms with Gasteiger partial charge in [-0.05, 0) is 43.0 Å². The number of amides is 1. The highest BCUT2D eigenvalue weighted by Crippen LogP contribution is 2.22. The SMILES string of the molecule is Cc1ccc(Cn2c(=O)c(N3CCC[C@@H](C(=O)NCc4ccccc4)C3)nc3cccnc32)cc1. The maximum Gasteiger partial charge on any atom is 0.295 e. The van der Waals surface area contributed by atoms with Crippen molar-refractivity contribution in [3.05, 3.63) is 100.0 Å². The normalized spacial score (nSPS) is 15.8. The van der Waals surface area contributed by atoms with Gasteiger partial charge in [-0.25, -0.2) is 9.97 Å². The molecule has 7 nitrogen and oxygen atoms in total. The number of fused-ring (bicyclic) bond motifs is 1. The third-order valence-electron chi connectivity index (χ3n) is 6.55. The molecule has 1 saturated heterocycles. The quantitative estimate of drug-likeness (QED) is 0.468. The minimum atomic E-state index is -0.191. The average molecular weight is 468 g/mol. The topological polar surface area (TPSA) is 80.1 Å². The van der Waals surface area contributed by atoms with E-state index in [1.807, 2.05) is 78.6 Å². The molecule has 1 amide bonds. The zero-order valence-electron chi connectivity index (χ0n) is 19.9.